The van der Waals surface area contributed by atoms with E-state index in [0.717, 1.165) is 13.0 Å². The van der Waals surface area contributed by atoms with Crippen molar-refractivity contribution in [2.45, 2.75) is 57.2 Å². The summed E-state index contributed by atoms with van der Waals surface area (Å²) >= 11 is 0. The molecular formula is C13H25N3O. The summed E-state index contributed by atoms with van der Waals surface area (Å²) in [5.41, 5.74) is 5.67. The molecule has 1 saturated heterocycles. The average molecular weight is 239 g/mol. The third-order valence-electron chi connectivity index (χ3n) is 4.40. The Balaban J connectivity index is 2.12. The van der Waals surface area contributed by atoms with Crippen LogP contribution in [0.1, 0.15) is 39.0 Å². The Morgan fingerprint density at radius 2 is 2.00 bits per heavy atom. The fourth-order valence-electron chi connectivity index (χ4n) is 3.24. The van der Waals surface area contributed by atoms with Gasteiger partial charge in [0.1, 0.15) is 0 Å². The number of hydrogen-bond acceptors (Lipinski definition) is 3. The molecule has 1 saturated carbocycles. The number of carbonyl (C=O) groups excluding carboxylic acids is 1. The summed E-state index contributed by atoms with van der Waals surface area (Å²) in [6.07, 6.45) is 5.94. The Labute approximate surface area is 104 Å². The summed E-state index contributed by atoms with van der Waals surface area (Å²) in [6.45, 7) is 3.75. The smallest absolute Gasteiger partial charge is 0.240 e. The highest BCUT2D eigenvalue weighted by atomic mass is 16.2. The molecule has 2 unspecified atom stereocenters. The SMILES string of the molecule is CC1CN(C2CCCC2)C(CCN)C(=O)N1C. The second kappa shape index (κ2) is 5.36. The standard InChI is InChI=1S/C13H25N3O/c1-10-9-16(11-5-3-4-6-11)12(7-8-14)13(17)15(10)2/h10-12H,3-9,14H2,1-2H3. The van der Waals surface area contributed by atoms with Crippen LogP contribution in [0.4, 0.5) is 0 Å². The Bertz CT molecular complexity index is 276. The van der Waals surface area contributed by atoms with Gasteiger partial charge in [-0.15, -0.1) is 0 Å². The van der Waals surface area contributed by atoms with Crippen molar-refractivity contribution < 1.29 is 4.79 Å². The fourth-order valence-corrected chi connectivity index (χ4v) is 3.24. The average Bonchev–Trinajstić information content (AvgIpc) is 2.83. The molecule has 98 valence electrons. The van der Waals surface area contributed by atoms with Crippen LogP contribution in [0, 0.1) is 0 Å². The Morgan fingerprint density at radius 3 is 2.59 bits per heavy atom. The number of carbonyl (C=O) groups is 1. The molecule has 2 rings (SSSR count). The summed E-state index contributed by atoms with van der Waals surface area (Å²) in [4.78, 5) is 16.7. The Morgan fingerprint density at radius 1 is 1.35 bits per heavy atom. The first-order chi connectivity index (χ1) is 8.15. The van der Waals surface area contributed by atoms with Gasteiger partial charge in [-0.25, -0.2) is 0 Å². The minimum atomic E-state index is 0.0318. The summed E-state index contributed by atoms with van der Waals surface area (Å²) in [5, 5.41) is 0. The summed E-state index contributed by atoms with van der Waals surface area (Å²) in [6, 6.07) is 0.980. The first-order valence-corrected chi connectivity index (χ1v) is 6.87. The van der Waals surface area contributed by atoms with E-state index in [2.05, 4.69) is 11.8 Å². The van der Waals surface area contributed by atoms with Crippen molar-refractivity contribution in [1.82, 2.24) is 9.80 Å². The number of amides is 1. The normalized spacial score (nSPS) is 32.4. The van der Waals surface area contributed by atoms with E-state index in [4.69, 9.17) is 5.73 Å². The van der Waals surface area contributed by atoms with E-state index in [0.29, 0.717) is 18.6 Å². The van der Waals surface area contributed by atoms with E-state index < -0.39 is 0 Å². The van der Waals surface area contributed by atoms with Crippen LogP contribution in [0.2, 0.25) is 0 Å². The highest BCUT2D eigenvalue weighted by molar-refractivity contribution is 5.82. The number of hydrogen-bond donors (Lipinski definition) is 1. The lowest BCUT2D eigenvalue weighted by Gasteiger charge is -2.45. The van der Waals surface area contributed by atoms with Gasteiger partial charge in [0.25, 0.3) is 0 Å². The van der Waals surface area contributed by atoms with Crippen LogP contribution in [0.3, 0.4) is 0 Å². The molecule has 0 spiro atoms. The first kappa shape index (κ1) is 12.8. The lowest BCUT2D eigenvalue weighted by Crippen LogP contribution is -2.62. The van der Waals surface area contributed by atoms with Gasteiger partial charge in [-0.1, -0.05) is 12.8 Å². The molecule has 2 N–H and O–H groups in total. The third-order valence-corrected chi connectivity index (χ3v) is 4.40. The zero-order valence-corrected chi connectivity index (χ0v) is 11.1. The molecule has 1 aliphatic heterocycles. The van der Waals surface area contributed by atoms with E-state index in [1.54, 1.807) is 0 Å². The van der Waals surface area contributed by atoms with Crippen LogP contribution in [0.15, 0.2) is 0 Å². The maximum Gasteiger partial charge on any atom is 0.240 e. The number of likely N-dealkylation sites (N-methyl/N-ethyl adjacent to an activating group) is 1. The molecule has 0 radical (unpaired) electrons. The molecule has 0 aromatic rings. The van der Waals surface area contributed by atoms with E-state index in [-0.39, 0.29) is 11.9 Å². The van der Waals surface area contributed by atoms with Crippen molar-refractivity contribution in [2.24, 2.45) is 5.73 Å². The second-order valence-electron chi connectivity index (χ2n) is 5.53. The highest BCUT2D eigenvalue weighted by Crippen LogP contribution is 2.29. The number of piperazine rings is 1. The molecule has 2 atom stereocenters. The van der Waals surface area contributed by atoms with Gasteiger partial charge in [-0.3, -0.25) is 9.69 Å². The molecule has 2 aliphatic rings. The number of rotatable bonds is 3. The fraction of sp³-hybridized carbons (Fsp3) is 0.923. The van der Waals surface area contributed by atoms with Crippen LogP contribution in [-0.2, 0) is 4.79 Å². The van der Waals surface area contributed by atoms with Crippen LogP contribution >= 0.6 is 0 Å². The largest absolute Gasteiger partial charge is 0.340 e. The topological polar surface area (TPSA) is 49.6 Å². The quantitative estimate of drug-likeness (QED) is 0.793. The molecule has 17 heavy (non-hydrogen) atoms. The zero-order valence-electron chi connectivity index (χ0n) is 11.1. The zero-order chi connectivity index (χ0) is 12.4. The summed E-state index contributed by atoms with van der Waals surface area (Å²) < 4.78 is 0. The lowest BCUT2D eigenvalue weighted by atomic mass is 10.0. The monoisotopic (exact) mass is 239 g/mol. The van der Waals surface area contributed by atoms with Gasteiger partial charge in [0.15, 0.2) is 0 Å². The van der Waals surface area contributed by atoms with E-state index in [1.807, 2.05) is 11.9 Å². The molecule has 1 aliphatic carbocycles. The number of nitrogens with zero attached hydrogens (tertiary/aromatic N) is 2. The predicted octanol–water partition coefficient (Wildman–Crippen LogP) is 0.809. The summed E-state index contributed by atoms with van der Waals surface area (Å²) in [5.74, 6) is 0.265. The molecule has 1 amide bonds. The van der Waals surface area contributed by atoms with Crippen LogP contribution in [0.5, 0.6) is 0 Å². The molecule has 0 aromatic heterocycles. The number of nitrogens with two attached hydrogens (primary N) is 1. The Kier molecular flexibility index (Phi) is 4.05. The van der Waals surface area contributed by atoms with Crippen molar-refractivity contribution in [3.05, 3.63) is 0 Å². The van der Waals surface area contributed by atoms with E-state index in [9.17, 15) is 4.79 Å². The van der Waals surface area contributed by atoms with Gasteiger partial charge in [-0.05, 0) is 32.7 Å². The maximum absolute atomic E-state index is 12.3. The van der Waals surface area contributed by atoms with Crippen molar-refractivity contribution in [3.8, 4) is 0 Å². The van der Waals surface area contributed by atoms with Crippen molar-refractivity contribution in [2.75, 3.05) is 20.1 Å². The lowest BCUT2D eigenvalue weighted by molar-refractivity contribution is -0.145. The maximum atomic E-state index is 12.3. The van der Waals surface area contributed by atoms with E-state index >= 15 is 0 Å². The minimum Gasteiger partial charge on any atom is -0.340 e. The van der Waals surface area contributed by atoms with Gasteiger partial charge in [0.2, 0.25) is 5.91 Å². The first-order valence-electron chi connectivity index (χ1n) is 6.87. The Hall–Kier alpha value is -0.610. The van der Waals surface area contributed by atoms with Crippen molar-refractivity contribution in [3.63, 3.8) is 0 Å². The van der Waals surface area contributed by atoms with Crippen molar-refractivity contribution >= 4 is 5.91 Å². The van der Waals surface area contributed by atoms with Gasteiger partial charge in [-0.2, -0.15) is 0 Å². The summed E-state index contributed by atoms with van der Waals surface area (Å²) in [7, 11) is 1.92. The highest BCUT2D eigenvalue weighted by Gasteiger charge is 2.39. The second-order valence-corrected chi connectivity index (χ2v) is 5.53. The third kappa shape index (κ3) is 2.47. The van der Waals surface area contributed by atoms with Crippen molar-refractivity contribution in [1.29, 1.82) is 0 Å². The molecule has 2 fully saturated rings. The van der Waals surface area contributed by atoms with E-state index in [1.165, 1.54) is 25.7 Å². The van der Waals surface area contributed by atoms with Gasteiger partial charge >= 0.3 is 0 Å². The molecule has 4 nitrogen and oxygen atoms in total. The van der Waals surface area contributed by atoms with Crippen LogP contribution in [0.25, 0.3) is 0 Å². The molecule has 0 aromatic carbocycles. The molecular weight excluding hydrogens is 214 g/mol. The van der Waals surface area contributed by atoms with Gasteiger partial charge < -0.3 is 10.6 Å². The van der Waals surface area contributed by atoms with Gasteiger partial charge in [0, 0.05) is 25.7 Å². The van der Waals surface area contributed by atoms with Gasteiger partial charge in [0.05, 0.1) is 6.04 Å². The van der Waals surface area contributed by atoms with Crippen LogP contribution in [-0.4, -0.2) is 54.0 Å². The molecule has 1 heterocycles. The predicted molar refractivity (Wildman–Crippen MR) is 68.7 cm³/mol. The van der Waals surface area contributed by atoms with Crippen LogP contribution < -0.4 is 5.73 Å². The minimum absolute atomic E-state index is 0.0318. The molecule has 4 heteroatoms. The molecule has 0 bridgehead atoms.